The van der Waals surface area contributed by atoms with Crippen molar-refractivity contribution >= 4 is 29.0 Å². The molecule has 138 valence electrons. The van der Waals surface area contributed by atoms with Gasteiger partial charge in [0.15, 0.2) is 0 Å². The largest absolute Gasteiger partial charge is 0.495 e. The summed E-state index contributed by atoms with van der Waals surface area (Å²) in [7, 11) is 1.58. The van der Waals surface area contributed by atoms with Crippen LogP contribution in [0, 0.1) is 0 Å². The van der Waals surface area contributed by atoms with Crippen molar-refractivity contribution in [3.8, 4) is 5.75 Å². The molecular formula is C20H24ClN3O2. The maximum atomic E-state index is 12.8. The number of pyridine rings is 1. The molecule has 0 radical (unpaired) electrons. The molecule has 1 amide bonds. The third kappa shape index (κ3) is 4.10. The van der Waals surface area contributed by atoms with Gasteiger partial charge < -0.3 is 15.0 Å². The lowest BCUT2D eigenvalue weighted by Crippen LogP contribution is -2.43. The Kier molecular flexibility index (Phi) is 5.99. The zero-order valence-electron chi connectivity index (χ0n) is 15.2. The number of carbonyl (C=O) groups is 1. The predicted molar refractivity (Wildman–Crippen MR) is 104 cm³/mol. The van der Waals surface area contributed by atoms with E-state index in [1.807, 2.05) is 23.1 Å². The Labute approximate surface area is 159 Å². The number of aromatic nitrogens is 1. The molecule has 0 bridgehead atoms. The van der Waals surface area contributed by atoms with Crippen LogP contribution in [0.15, 0.2) is 36.5 Å². The Bertz CT molecular complexity index is 764. The standard InChI is InChI=1S/C20H24ClN3O2/c1-3-16-6-4-5-11-24(16)20(25)14-7-10-19(22-13-14)23-15-8-9-18(26-2)17(21)12-15/h7-10,12-13,16H,3-6,11H2,1-2H3,(H,22,23). The van der Waals surface area contributed by atoms with Gasteiger partial charge in [-0.15, -0.1) is 0 Å². The molecule has 2 heterocycles. The molecule has 1 atom stereocenters. The lowest BCUT2D eigenvalue weighted by atomic mass is 9.99. The number of rotatable bonds is 5. The molecule has 6 heteroatoms. The average Bonchev–Trinajstić information content (AvgIpc) is 2.68. The van der Waals surface area contributed by atoms with Gasteiger partial charge in [-0.25, -0.2) is 4.98 Å². The number of anilines is 2. The van der Waals surface area contributed by atoms with Crippen LogP contribution in [0.1, 0.15) is 43.0 Å². The van der Waals surface area contributed by atoms with E-state index in [4.69, 9.17) is 16.3 Å². The Hall–Kier alpha value is -2.27. The van der Waals surface area contributed by atoms with E-state index < -0.39 is 0 Å². The summed E-state index contributed by atoms with van der Waals surface area (Å²) in [5.74, 6) is 1.36. The fourth-order valence-electron chi connectivity index (χ4n) is 3.34. The van der Waals surface area contributed by atoms with E-state index in [0.717, 1.165) is 31.5 Å². The van der Waals surface area contributed by atoms with Crippen LogP contribution in [-0.2, 0) is 0 Å². The Morgan fingerprint density at radius 1 is 1.35 bits per heavy atom. The Balaban J connectivity index is 1.70. The molecule has 1 aliphatic heterocycles. The summed E-state index contributed by atoms with van der Waals surface area (Å²) in [6.07, 6.45) is 6.00. The van der Waals surface area contributed by atoms with Crippen LogP contribution >= 0.6 is 11.6 Å². The van der Waals surface area contributed by atoms with Gasteiger partial charge in [0.05, 0.1) is 17.7 Å². The number of nitrogens with zero attached hydrogens (tertiary/aromatic N) is 2. The highest BCUT2D eigenvalue weighted by atomic mass is 35.5. The van der Waals surface area contributed by atoms with Gasteiger partial charge in [-0.3, -0.25) is 4.79 Å². The summed E-state index contributed by atoms with van der Waals surface area (Å²) in [5, 5.41) is 3.71. The van der Waals surface area contributed by atoms with E-state index in [9.17, 15) is 4.79 Å². The quantitative estimate of drug-likeness (QED) is 0.810. The topological polar surface area (TPSA) is 54.5 Å². The second kappa shape index (κ2) is 8.41. The van der Waals surface area contributed by atoms with Crippen molar-refractivity contribution in [3.63, 3.8) is 0 Å². The number of ether oxygens (including phenoxy) is 1. The molecule has 5 nitrogen and oxygen atoms in total. The monoisotopic (exact) mass is 373 g/mol. The average molecular weight is 374 g/mol. The maximum absolute atomic E-state index is 12.8. The highest BCUT2D eigenvalue weighted by Crippen LogP contribution is 2.28. The molecule has 2 aromatic rings. The van der Waals surface area contributed by atoms with Crippen LogP contribution in [0.4, 0.5) is 11.5 Å². The van der Waals surface area contributed by atoms with Crippen molar-refractivity contribution in [2.45, 2.75) is 38.6 Å². The molecule has 1 unspecified atom stereocenters. The van der Waals surface area contributed by atoms with Crippen LogP contribution < -0.4 is 10.1 Å². The van der Waals surface area contributed by atoms with Gasteiger partial charge in [-0.05, 0) is 56.0 Å². The van der Waals surface area contributed by atoms with E-state index >= 15 is 0 Å². The highest BCUT2D eigenvalue weighted by molar-refractivity contribution is 6.32. The maximum Gasteiger partial charge on any atom is 0.255 e. The highest BCUT2D eigenvalue weighted by Gasteiger charge is 2.26. The summed E-state index contributed by atoms with van der Waals surface area (Å²) in [6, 6.07) is 9.42. The molecule has 1 aromatic heterocycles. The lowest BCUT2D eigenvalue weighted by molar-refractivity contribution is 0.0607. The molecule has 26 heavy (non-hydrogen) atoms. The molecule has 0 spiro atoms. The number of carbonyl (C=O) groups excluding carboxylic acids is 1. The SMILES string of the molecule is CCC1CCCCN1C(=O)c1ccc(Nc2ccc(OC)c(Cl)c2)nc1. The first-order valence-electron chi connectivity index (χ1n) is 9.00. The number of piperidine rings is 1. The first-order valence-corrected chi connectivity index (χ1v) is 9.37. The smallest absolute Gasteiger partial charge is 0.255 e. The van der Waals surface area contributed by atoms with E-state index in [0.29, 0.717) is 28.2 Å². The van der Waals surface area contributed by atoms with E-state index in [1.54, 1.807) is 25.4 Å². The number of likely N-dealkylation sites (tertiary alicyclic amines) is 1. The summed E-state index contributed by atoms with van der Waals surface area (Å²) < 4.78 is 5.15. The number of halogens is 1. The zero-order chi connectivity index (χ0) is 18.5. The normalized spacial score (nSPS) is 17.0. The molecule has 0 aliphatic carbocycles. The van der Waals surface area contributed by atoms with Gasteiger partial charge in [0.2, 0.25) is 0 Å². The first kappa shape index (κ1) is 18.5. The summed E-state index contributed by atoms with van der Waals surface area (Å²) >= 11 is 6.14. The summed E-state index contributed by atoms with van der Waals surface area (Å²) in [6.45, 7) is 2.98. The first-order chi connectivity index (χ1) is 12.6. The van der Waals surface area contributed by atoms with Crippen molar-refractivity contribution in [1.29, 1.82) is 0 Å². The molecular weight excluding hydrogens is 350 g/mol. The fraction of sp³-hybridized carbons (Fsp3) is 0.400. The molecule has 1 aromatic carbocycles. The van der Waals surface area contributed by atoms with Crippen molar-refractivity contribution < 1.29 is 9.53 Å². The molecule has 0 saturated carbocycles. The Morgan fingerprint density at radius 2 is 2.19 bits per heavy atom. The second-order valence-corrected chi connectivity index (χ2v) is 6.87. The molecule has 1 N–H and O–H groups in total. The third-order valence-corrected chi connectivity index (χ3v) is 5.09. The Morgan fingerprint density at radius 3 is 2.85 bits per heavy atom. The van der Waals surface area contributed by atoms with E-state index in [-0.39, 0.29) is 5.91 Å². The molecule has 1 fully saturated rings. The number of hydrogen-bond donors (Lipinski definition) is 1. The van der Waals surface area contributed by atoms with Crippen molar-refractivity contribution in [2.75, 3.05) is 19.0 Å². The predicted octanol–water partition coefficient (Wildman–Crippen LogP) is 4.89. The van der Waals surface area contributed by atoms with E-state index in [2.05, 4.69) is 17.2 Å². The van der Waals surface area contributed by atoms with Gasteiger partial charge in [-0.1, -0.05) is 18.5 Å². The van der Waals surface area contributed by atoms with Gasteiger partial charge >= 0.3 is 0 Å². The van der Waals surface area contributed by atoms with Crippen LogP contribution in [0.3, 0.4) is 0 Å². The minimum absolute atomic E-state index is 0.0723. The van der Waals surface area contributed by atoms with Gasteiger partial charge in [-0.2, -0.15) is 0 Å². The van der Waals surface area contributed by atoms with Gasteiger partial charge in [0.1, 0.15) is 11.6 Å². The third-order valence-electron chi connectivity index (χ3n) is 4.79. The minimum Gasteiger partial charge on any atom is -0.495 e. The number of nitrogens with one attached hydrogen (secondary N) is 1. The van der Waals surface area contributed by atoms with Crippen LogP contribution in [0.25, 0.3) is 0 Å². The molecule has 3 rings (SSSR count). The molecule has 1 aliphatic rings. The van der Waals surface area contributed by atoms with Crippen LogP contribution in [0.2, 0.25) is 5.02 Å². The number of amides is 1. The van der Waals surface area contributed by atoms with Crippen molar-refractivity contribution in [1.82, 2.24) is 9.88 Å². The van der Waals surface area contributed by atoms with Gasteiger partial charge in [0, 0.05) is 24.5 Å². The minimum atomic E-state index is 0.0723. The lowest BCUT2D eigenvalue weighted by Gasteiger charge is -2.35. The molecule has 1 saturated heterocycles. The fourth-order valence-corrected chi connectivity index (χ4v) is 3.60. The van der Waals surface area contributed by atoms with Crippen molar-refractivity contribution in [2.24, 2.45) is 0 Å². The van der Waals surface area contributed by atoms with Crippen LogP contribution in [0.5, 0.6) is 5.75 Å². The number of methoxy groups -OCH3 is 1. The number of hydrogen-bond acceptors (Lipinski definition) is 4. The van der Waals surface area contributed by atoms with E-state index in [1.165, 1.54) is 6.42 Å². The van der Waals surface area contributed by atoms with Crippen LogP contribution in [-0.4, -0.2) is 35.5 Å². The second-order valence-electron chi connectivity index (χ2n) is 6.46. The van der Waals surface area contributed by atoms with Crippen molar-refractivity contribution in [3.05, 3.63) is 47.1 Å². The summed E-state index contributed by atoms with van der Waals surface area (Å²) in [4.78, 5) is 19.2. The van der Waals surface area contributed by atoms with Gasteiger partial charge in [0.25, 0.3) is 5.91 Å². The summed E-state index contributed by atoms with van der Waals surface area (Å²) in [5.41, 5.74) is 1.44. The zero-order valence-corrected chi connectivity index (χ0v) is 15.9. The number of benzene rings is 1.